The molecule has 1 aromatic rings. The van der Waals surface area contributed by atoms with E-state index in [4.69, 9.17) is 4.74 Å². The monoisotopic (exact) mass is 290 g/mol. The molecule has 116 valence electrons. The molecule has 1 aliphatic heterocycles. The first kappa shape index (κ1) is 15.8. The summed E-state index contributed by atoms with van der Waals surface area (Å²) >= 11 is 0. The average Bonchev–Trinajstić information content (AvgIpc) is 2.53. The summed E-state index contributed by atoms with van der Waals surface area (Å²) in [4.78, 5) is 11.9. The molecule has 0 aliphatic carbocycles. The van der Waals surface area contributed by atoms with Gasteiger partial charge in [0.1, 0.15) is 5.75 Å². The summed E-state index contributed by atoms with van der Waals surface area (Å²) in [5, 5.41) is 6.31. The predicted octanol–water partition coefficient (Wildman–Crippen LogP) is 2.27. The number of amides is 1. The number of rotatable bonds is 7. The third-order valence-electron chi connectivity index (χ3n) is 3.87. The highest BCUT2D eigenvalue weighted by atomic mass is 16.5. The van der Waals surface area contributed by atoms with Gasteiger partial charge in [-0.2, -0.15) is 0 Å². The van der Waals surface area contributed by atoms with Crippen LogP contribution in [-0.4, -0.2) is 32.1 Å². The summed E-state index contributed by atoms with van der Waals surface area (Å²) < 4.78 is 5.66. The largest absolute Gasteiger partial charge is 0.494 e. The van der Waals surface area contributed by atoms with E-state index in [1.807, 2.05) is 12.1 Å². The Morgan fingerprint density at radius 2 is 1.95 bits per heavy atom. The lowest BCUT2D eigenvalue weighted by molar-refractivity contribution is -0.125. The van der Waals surface area contributed by atoms with E-state index in [2.05, 4.69) is 29.7 Å². The van der Waals surface area contributed by atoms with Crippen molar-refractivity contribution < 1.29 is 9.53 Å². The summed E-state index contributed by atoms with van der Waals surface area (Å²) in [7, 11) is 0. The molecule has 0 unspecified atom stereocenters. The number of benzene rings is 1. The fourth-order valence-electron chi connectivity index (χ4n) is 2.49. The van der Waals surface area contributed by atoms with Crippen molar-refractivity contribution in [3.8, 4) is 5.75 Å². The highest BCUT2D eigenvalue weighted by molar-refractivity contribution is 5.78. The van der Waals surface area contributed by atoms with Crippen LogP contribution in [0.2, 0.25) is 0 Å². The maximum atomic E-state index is 11.9. The molecule has 0 radical (unpaired) electrons. The van der Waals surface area contributed by atoms with Gasteiger partial charge in [-0.15, -0.1) is 0 Å². The number of nitrogens with one attached hydrogen (secondary N) is 2. The van der Waals surface area contributed by atoms with Crippen molar-refractivity contribution in [3.63, 3.8) is 0 Å². The van der Waals surface area contributed by atoms with Crippen molar-refractivity contribution in [2.45, 2.75) is 32.6 Å². The van der Waals surface area contributed by atoms with Crippen LogP contribution in [0.5, 0.6) is 5.75 Å². The minimum Gasteiger partial charge on any atom is -0.494 e. The van der Waals surface area contributed by atoms with Gasteiger partial charge in [0.15, 0.2) is 0 Å². The van der Waals surface area contributed by atoms with Gasteiger partial charge in [-0.3, -0.25) is 4.79 Å². The van der Waals surface area contributed by atoms with Gasteiger partial charge in [-0.05, 0) is 57.8 Å². The lowest BCUT2D eigenvalue weighted by atomic mass is 9.97. The normalized spacial score (nSPS) is 15.7. The van der Waals surface area contributed by atoms with Crippen molar-refractivity contribution in [1.29, 1.82) is 0 Å². The molecule has 1 fully saturated rings. The minimum absolute atomic E-state index is 0.204. The summed E-state index contributed by atoms with van der Waals surface area (Å²) in [5.41, 5.74) is 1.24. The maximum Gasteiger partial charge on any atom is 0.223 e. The van der Waals surface area contributed by atoms with Crippen molar-refractivity contribution in [1.82, 2.24) is 10.6 Å². The van der Waals surface area contributed by atoms with Crippen LogP contribution in [0.25, 0.3) is 0 Å². The van der Waals surface area contributed by atoms with Gasteiger partial charge in [0.2, 0.25) is 5.91 Å². The predicted molar refractivity (Wildman–Crippen MR) is 84.5 cm³/mol. The molecular weight excluding hydrogens is 264 g/mol. The first-order chi connectivity index (χ1) is 10.3. The van der Waals surface area contributed by atoms with Crippen molar-refractivity contribution in [3.05, 3.63) is 29.8 Å². The Morgan fingerprint density at radius 3 is 2.67 bits per heavy atom. The van der Waals surface area contributed by atoms with Gasteiger partial charge in [0, 0.05) is 12.5 Å². The molecule has 1 aromatic carbocycles. The molecule has 0 spiro atoms. The van der Waals surface area contributed by atoms with Crippen LogP contribution in [0.4, 0.5) is 0 Å². The van der Waals surface area contributed by atoms with Crippen LogP contribution in [0.1, 0.15) is 31.2 Å². The number of carbonyl (C=O) groups excluding carboxylic acids is 1. The van der Waals surface area contributed by atoms with Crippen LogP contribution >= 0.6 is 0 Å². The van der Waals surface area contributed by atoms with E-state index in [1.165, 1.54) is 5.56 Å². The Bertz CT molecular complexity index is 425. The van der Waals surface area contributed by atoms with Gasteiger partial charge in [0.05, 0.1) is 6.61 Å². The summed E-state index contributed by atoms with van der Waals surface area (Å²) in [5.74, 6) is 1.34. The van der Waals surface area contributed by atoms with Crippen LogP contribution < -0.4 is 15.4 Å². The Labute approximate surface area is 127 Å². The highest BCUT2D eigenvalue weighted by Crippen LogP contribution is 2.12. The maximum absolute atomic E-state index is 11.9. The topological polar surface area (TPSA) is 50.4 Å². The highest BCUT2D eigenvalue weighted by Gasteiger charge is 2.19. The van der Waals surface area contributed by atoms with Crippen LogP contribution in [0.3, 0.4) is 0 Å². The van der Waals surface area contributed by atoms with Crippen molar-refractivity contribution in [2.75, 3.05) is 26.2 Å². The fraction of sp³-hybridized carbons (Fsp3) is 0.588. The van der Waals surface area contributed by atoms with E-state index in [9.17, 15) is 4.79 Å². The molecule has 0 saturated carbocycles. The van der Waals surface area contributed by atoms with Gasteiger partial charge >= 0.3 is 0 Å². The molecule has 1 amide bonds. The molecule has 0 aromatic heterocycles. The van der Waals surface area contributed by atoms with E-state index in [-0.39, 0.29) is 11.8 Å². The number of piperidine rings is 1. The smallest absolute Gasteiger partial charge is 0.223 e. The Balaban J connectivity index is 1.51. The van der Waals surface area contributed by atoms with Crippen LogP contribution in [-0.2, 0) is 4.79 Å². The number of hydrogen-bond acceptors (Lipinski definition) is 3. The van der Waals surface area contributed by atoms with Gasteiger partial charge < -0.3 is 15.4 Å². The summed E-state index contributed by atoms with van der Waals surface area (Å²) in [6.45, 7) is 5.44. The number of ether oxygens (including phenoxy) is 1. The second-order valence-corrected chi connectivity index (χ2v) is 5.68. The first-order valence-corrected chi connectivity index (χ1v) is 7.93. The third kappa shape index (κ3) is 5.76. The summed E-state index contributed by atoms with van der Waals surface area (Å²) in [6.07, 6.45) is 3.84. The van der Waals surface area contributed by atoms with Crippen molar-refractivity contribution in [2.24, 2.45) is 5.92 Å². The van der Waals surface area contributed by atoms with E-state index in [0.29, 0.717) is 6.61 Å². The molecule has 4 heteroatoms. The number of unbranched alkanes of at least 4 members (excludes halogenated alkanes) is 1. The lowest BCUT2D eigenvalue weighted by Crippen LogP contribution is -2.38. The second kappa shape index (κ2) is 8.67. The summed E-state index contributed by atoms with van der Waals surface area (Å²) in [6, 6.07) is 8.09. The number of carbonyl (C=O) groups is 1. The van der Waals surface area contributed by atoms with E-state index in [1.54, 1.807) is 0 Å². The van der Waals surface area contributed by atoms with E-state index < -0.39 is 0 Å². The molecule has 1 saturated heterocycles. The first-order valence-electron chi connectivity index (χ1n) is 7.93. The standard InChI is InChI=1S/C17H26N2O2/c1-14-4-6-16(7-5-14)21-13-3-2-10-19-17(20)15-8-11-18-12-9-15/h4-7,15,18H,2-3,8-13H2,1H3,(H,19,20). The van der Waals surface area contributed by atoms with Crippen LogP contribution in [0, 0.1) is 12.8 Å². The third-order valence-corrected chi connectivity index (χ3v) is 3.87. The molecule has 2 rings (SSSR count). The molecule has 4 nitrogen and oxygen atoms in total. The zero-order chi connectivity index (χ0) is 14.9. The van der Waals surface area contributed by atoms with E-state index in [0.717, 1.165) is 51.1 Å². The molecular formula is C17H26N2O2. The molecule has 0 atom stereocenters. The Kier molecular flexibility index (Phi) is 6.54. The lowest BCUT2D eigenvalue weighted by Gasteiger charge is -2.21. The van der Waals surface area contributed by atoms with Crippen molar-refractivity contribution >= 4 is 5.91 Å². The zero-order valence-corrected chi connectivity index (χ0v) is 12.9. The number of aryl methyl sites for hydroxylation is 1. The molecule has 0 bridgehead atoms. The second-order valence-electron chi connectivity index (χ2n) is 5.68. The quantitative estimate of drug-likeness (QED) is 0.757. The van der Waals surface area contributed by atoms with Gasteiger partial charge in [0.25, 0.3) is 0 Å². The fourth-order valence-corrected chi connectivity index (χ4v) is 2.49. The Morgan fingerprint density at radius 1 is 1.24 bits per heavy atom. The number of hydrogen-bond donors (Lipinski definition) is 2. The van der Waals surface area contributed by atoms with Crippen LogP contribution in [0.15, 0.2) is 24.3 Å². The van der Waals surface area contributed by atoms with Gasteiger partial charge in [-0.1, -0.05) is 17.7 Å². The Hall–Kier alpha value is -1.55. The molecule has 21 heavy (non-hydrogen) atoms. The molecule has 1 aliphatic rings. The van der Waals surface area contributed by atoms with Gasteiger partial charge in [-0.25, -0.2) is 0 Å². The zero-order valence-electron chi connectivity index (χ0n) is 12.9. The SMILES string of the molecule is Cc1ccc(OCCCCNC(=O)C2CCNCC2)cc1. The van der Waals surface area contributed by atoms with E-state index >= 15 is 0 Å². The molecule has 1 heterocycles. The minimum atomic E-state index is 0.204. The average molecular weight is 290 g/mol. The molecule has 2 N–H and O–H groups in total.